The molecule has 1 aromatic rings. The van der Waals surface area contributed by atoms with Crippen molar-refractivity contribution >= 4 is 11.8 Å². The van der Waals surface area contributed by atoms with E-state index >= 15 is 0 Å². The van der Waals surface area contributed by atoms with E-state index in [0.717, 1.165) is 12.0 Å². The van der Waals surface area contributed by atoms with Crippen molar-refractivity contribution in [3.63, 3.8) is 0 Å². The van der Waals surface area contributed by atoms with E-state index in [9.17, 15) is 0 Å². The maximum atomic E-state index is 3.62. The Morgan fingerprint density at radius 3 is 2.94 bits per heavy atom. The van der Waals surface area contributed by atoms with Gasteiger partial charge in [-0.1, -0.05) is 13.0 Å². The summed E-state index contributed by atoms with van der Waals surface area (Å²) < 4.78 is 0. The zero-order valence-electron chi connectivity index (χ0n) is 11.2. The van der Waals surface area contributed by atoms with Crippen LogP contribution in [0.5, 0.6) is 0 Å². The van der Waals surface area contributed by atoms with E-state index in [1.54, 1.807) is 11.1 Å². The smallest absolute Gasteiger partial charge is 0.00749 e. The molecule has 1 atom stereocenters. The molecule has 0 saturated heterocycles. The van der Waals surface area contributed by atoms with E-state index in [2.05, 4.69) is 30.4 Å². The number of rotatable bonds is 6. The van der Waals surface area contributed by atoms with Crippen LogP contribution in [0.1, 0.15) is 37.3 Å². The van der Waals surface area contributed by atoms with Gasteiger partial charge in [-0.2, -0.15) is 0 Å². The van der Waals surface area contributed by atoms with Crippen LogP contribution in [0.15, 0.2) is 23.1 Å². The number of hydrogen-bond donors (Lipinski definition) is 1. The molecule has 18 heavy (non-hydrogen) atoms. The Morgan fingerprint density at radius 2 is 2.11 bits per heavy atom. The lowest BCUT2D eigenvalue weighted by molar-refractivity contribution is 0.557. The van der Waals surface area contributed by atoms with Crippen molar-refractivity contribution in [1.29, 1.82) is 0 Å². The van der Waals surface area contributed by atoms with Crippen molar-refractivity contribution in [2.24, 2.45) is 5.92 Å². The number of nitrogens with one attached hydrogen (secondary N) is 1. The molecular formula is C16H23NS. The molecule has 1 nitrogen and oxygen atoms in total. The lowest BCUT2D eigenvalue weighted by Gasteiger charge is -2.12. The van der Waals surface area contributed by atoms with Crippen LogP contribution >= 0.6 is 11.8 Å². The first kappa shape index (κ1) is 12.6. The number of aryl methyl sites for hydroxylation is 2. The van der Waals surface area contributed by atoms with Crippen molar-refractivity contribution in [3.05, 3.63) is 29.3 Å². The molecule has 1 fully saturated rings. The summed E-state index contributed by atoms with van der Waals surface area (Å²) in [6, 6.07) is 7.93. The van der Waals surface area contributed by atoms with Crippen LogP contribution in [0.4, 0.5) is 0 Å². The van der Waals surface area contributed by atoms with Gasteiger partial charge in [0.2, 0.25) is 0 Å². The summed E-state index contributed by atoms with van der Waals surface area (Å²) in [5, 5.41) is 3.62. The number of thioether (sulfide) groups is 1. The van der Waals surface area contributed by atoms with Gasteiger partial charge in [0.05, 0.1) is 0 Å². The van der Waals surface area contributed by atoms with Gasteiger partial charge in [-0.05, 0) is 67.8 Å². The minimum absolute atomic E-state index is 0.767. The predicted octanol–water partition coefficient (Wildman–Crippen LogP) is 3.66. The van der Waals surface area contributed by atoms with Crippen molar-refractivity contribution in [2.45, 2.75) is 50.0 Å². The van der Waals surface area contributed by atoms with Crippen LogP contribution in [-0.4, -0.2) is 18.3 Å². The fourth-order valence-corrected chi connectivity index (χ4v) is 3.58. The van der Waals surface area contributed by atoms with Crippen LogP contribution in [-0.2, 0) is 12.8 Å². The van der Waals surface area contributed by atoms with E-state index < -0.39 is 0 Å². The van der Waals surface area contributed by atoms with Gasteiger partial charge in [-0.3, -0.25) is 0 Å². The molecule has 0 aliphatic heterocycles. The van der Waals surface area contributed by atoms with Gasteiger partial charge in [0, 0.05) is 16.7 Å². The van der Waals surface area contributed by atoms with Gasteiger partial charge >= 0.3 is 0 Å². The molecule has 3 rings (SSSR count). The second-order valence-corrected chi connectivity index (χ2v) is 6.98. The van der Waals surface area contributed by atoms with Crippen molar-refractivity contribution in [3.8, 4) is 0 Å². The van der Waals surface area contributed by atoms with Gasteiger partial charge in [0.15, 0.2) is 0 Å². The average Bonchev–Trinajstić information content (AvgIpc) is 3.10. The molecule has 0 aromatic heterocycles. The fourth-order valence-electron chi connectivity index (χ4n) is 2.59. The van der Waals surface area contributed by atoms with E-state index in [1.165, 1.54) is 49.3 Å². The van der Waals surface area contributed by atoms with Gasteiger partial charge in [-0.15, -0.1) is 11.8 Å². The van der Waals surface area contributed by atoms with Crippen LogP contribution in [0.3, 0.4) is 0 Å². The van der Waals surface area contributed by atoms with E-state index in [4.69, 9.17) is 0 Å². The first-order chi connectivity index (χ1) is 8.81. The van der Waals surface area contributed by atoms with Crippen LogP contribution in [0.25, 0.3) is 0 Å². The molecule has 0 spiro atoms. The standard InChI is InChI=1S/C16H23NS/c1-12(10-17-15-6-7-15)11-18-16-8-5-13-3-2-4-14(13)9-16/h5,8-9,12,15,17H,2-4,6-7,10-11H2,1H3. The maximum absolute atomic E-state index is 3.62. The summed E-state index contributed by atoms with van der Waals surface area (Å²) in [4.78, 5) is 1.47. The summed E-state index contributed by atoms with van der Waals surface area (Å²) in [6.45, 7) is 3.54. The van der Waals surface area contributed by atoms with Crippen LogP contribution in [0, 0.1) is 5.92 Å². The van der Waals surface area contributed by atoms with Gasteiger partial charge < -0.3 is 5.32 Å². The minimum Gasteiger partial charge on any atom is -0.314 e. The van der Waals surface area contributed by atoms with Crippen molar-refractivity contribution < 1.29 is 0 Å². The lowest BCUT2D eigenvalue weighted by atomic mass is 10.1. The number of benzene rings is 1. The van der Waals surface area contributed by atoms with E-state index in [1.807, 2.05) is 11.8 Å². The normalized spacial score (nSPS) is 19.8. The molecule has 1 unspecified atom stereocenters. The van der Waals surface area contributed by atoms with Gasteiger partial charge in [-0.25, -0.2) is 0 Å². The summed E-state index contributed by atoms with van der Waals surface area (Å²) in [6.07, 6.45) is 6.73. The summed E-state index contributed by atoms with van der Waals surface area (Å²) in [5.41, 5.74) is 3.19. The SMILES string of the molecule is CC(CNC1CC1)CSc1ccc2c(c1)CCC2. The molecule has 0 radical (unpaired) electrons. The molecule has 98 valence electrons. The fraction of sp³-hybridized carbons (Fsp3) is 0.625. The second kappa shape index (κ2) is 5.66. The van der Waals surface area contributed by atoms with Gasteiger partial charge in [0.1, 0.15) is 0 Å². The summed E-state index contributed by atoms with van der Waals surface area (Å²) in [7, 11) is 0. The summed E-state index contributed by atoms with van der Waals surface area (Å²) >= 11 is 2.03. The Balaban J connectivity index is 1.46. The second-order valence-electron chi connectivity index (χ2n) is 5.88. The third-order valence-electron chi connectivity index (χ3n) is 3.94. The van der Waals surface area contributed by atoms with Crippen molar-refractivity contribution in [1.82, 2.24) is 5.32 Å². The highest BCUT2D eigenvalue weighted by molar-refractivity contribution is 7.99. The first-order valence-electron chi connectivity index (χ1n) is 7.29. The Bertz CT molecular complexity index is 412. The molecular weight excluding hydrogens is 238 g/mol. The third-order valence-corrected chi connectivity index (χ3v) is 5.26. The van der Waals surface area contributed by atoms with Crippen molar-refractivity contribution in [2.75, 3.05) is 12.3 Å². The molecule has 2 aliphatic rings. The quantitative estimate of drug-likeness (QED) is 0.784. The largest absolute Gasteiger partial charge is 0.314 e. The van der Waals surface area contributed by atoms with Crippen LogP contribution in [0.2, 0.25) is 0 Å². The molecule has 2 heteroatoms. The van der Waals surface area contributed by atoms with Crippen LogP contribution < -0.4 is 5.32 Å². The monoisotopic (exact) mass is 261 g/mol. The molecule has 0 bridgehead atoms. The Morgan fingerprint density at radius 1 is 1.28 bits per heavy atom. The average molecular weight is 261 g/mol. The predicted molar refractivity (Wildman–Crippen MR) is 79.4 cm³/mol. The molecule has 2 aliphatic carbocycles. The Labute approximate surface area is 115 Å². The molecule has 1 N–H and O–H groups in total. The zero-order chi connectivity index (χ0) is 12.4. The lowest BCUT2D eigenvalue weighted by Crippen LogP contribution is -2.24. The van der Waals surface area contributed by atoms with Gasteiger partial charge in [0.25, 0.3) is 0 Å². The topological polar surface area (TPSA) is 12.0 Å². The molecule has 0 heterocycles. The number of hydrogen-bond acceptors (Lipinski definition) is 2. The highest BCUT2D eigenvalue weighted by atomic mass is 32.2. The first-order valence-corrected chi connectivity index (χ1v) is 8.28. The molecule has 1 aromatic carbocycles. The highest BCUT2D eigenvalue weighted by Crippen LogP contribution is 2.28. The Hall–Kier alpha value is -0.470. The molecule has 0 amide bonds. The van der Waals surface area contributed by atoms with E-state index in [0.29, 0.717) is 0 Å². The Kier molecular flexibility index (Phi) is 3.95. The highest BCUT2D eigenvalue weighted by Gasteiger charge is 2.20. The third kappa shape index (κ3) is 3.30. The molecule has 1 saturated carbocycles. The summed E-state index contributed by atoms with van der Waals surface area (Å²) in [5.74, 6) is 2.00. The zero-order valence-corrected chi connectivity index (χ0v) is 12.1. The van der Waals surface area contributed by atoms with E-state index in [-0.39, 0.29) is 0 Å². The number of fused-ring (bicyclic) bond motifs is 1. The maximum Gasteiger partial charge on any atom is 0.00749 e. The minimum atomic E-state index is 0.767.